The predicted octanol–water partition coefficient (Wildman–Crippen LogP) is 4.99. The zero-order valence-corrected chi connectivity index (χ0v) is 48.4. The Labute approximate surface area is 492 Å². The first kappa shape index (κ1) is 67.5. The normalized spacial score (nSPS) is 12.0. The summed E-state index contributed by atoms with van der Waals surface area (Å²) in [6.07, 6.45) is 9.37. The number of benzene rings is 4. The van der Waals surface area contributed by atoms with Crippen LogP contribution in [0.25, 0.3) is 22.0 Å². The molecule has 0 aliphatic heterocycles. The number of anilines is 2. The molecule has 0 aliphatic rings. The highest BCUT2D eigenvalue weighted by atomic mass is 32.2. The number of carbonyl (C=O) groups is 3. The van der Waals surface area contributed by atoms with Gasteiger partial charge in [-0.1, -0.05) is 62.9 Å². The summed E-state index contributed by atoms with van der Waals surface area (Å²) < 4.78 is 105. The average Bonchev–Trinajstić information content (AvgIpc) is 3.15. The Kier molecular flexibility index (Phi) is 26.0. The van der Waals surface area contributed by atoms with Crippen LogP contribution in [-0.4, -0.2) is 144 Å². The maximum Gasteiger partial charge on any atom is 0.323 e. The fraction of sp³-hybridized carbons (Fsp3) is 0.304. The minimum Gasteiger partial charge on any atom is -0.480 e. The molecule has 29 heteroatoms. The summed E-state index contributed by atoms with van der Waals surface area (Å²) in [4.78, 5) is 61.2. The molecule has 3 heterocycles. The number of nitrogens with zero attached hydrogens (tertiary/aromatic N) is 4. The summed E-state index contributed by atoms with van der Waals surface area (Å²) in [5.41, 5.74) is 5.05. The molecule has 7 rings (SSSR count). The molecular formula is C56H69N11O15S3. The van der Waals surface area contributed by atoms with Crippen LogP contribution < -0.4 is 36.2 Å². The number of rotatable bonds is 31. The van der Waals surface area contributed by atoms with Gasteiger partial charge in [0.1, 0.15) is 22.3 Å². The van der Waals surface area contributed by atoms with Gasteiger partial charge in [0.2, 0.25) is 25.5 Å². The number of aryl methyl sites for hydroxylation is 1. The molecule has 7 aromatic rings. The van der Waals surface area contributed by atoms with Gasteiger partial charge in [-0.3, -0.25) is 29.2 Å². The second-order valence-electron chi connectivity index (χ2n) is 18.3. The standard InChI is InChI=1S/C36H41N7O9S2.C19H24N4O6S.CH4/c1-3-18-52-19-4-15-41-53(48,49)27-10-6-25(7-11-27)26-8-12-28(13-9-26)54(50,51)42-31(35(46)47)22-39-34(45)30-23-43(2)32-20-24(5-14-29(32)33(30)44)21-40-36-37-16-17-38-36;1-28-11-12-29-10-4-9-20-19(24)16-7-8-18(21-13-16)23-22-14-15-5-2-3-6-17(15)30(25,26)27;/h5-14,16-17,20,23,31,41-42H,3-4,15,18-19,21-22H2,1-2H3,(H,39,45)(H,46,47)(H2,37,38,40);2-3,5-8,13-14H,4,9-12H2,1H3,(H,20,24)(H,21,23)(H,25,26,27);1H4/b;22-14+;. The Morgan fingerprint density at radius 3 is 2.08 bits per heavy atom. The van der Waals surface area contributed by atoms with Crippen molar-refractivity contribution in [3.63, 3.8) is 0 Å². The zero-order chi connectivity index (χ0) is 60.7. The Bertz CT molecular complexity index is 3760. The zero-order valence-electron chi connectivity index (χ0n) is 46.0. The third-order valence-electron chi connectivity index (χ3n) is 12.1. The summed E-state index contributed by atoms with van der Waals surface area (Å²) in [5, 5.41) is 22.2. The molecule has 85 heavy (non-hydrogen) atoms. The van der Waals surface area contributed by atoms with Crippen LogP contribution in [0.4, 0.5) is 11.8 Å². The molecule has 0 radical (unpaired) electrons. The Morgan fingerprint density at radius 1 is 0.788 bits per heavy atom. The van der Waals surface area contributed by atoms with E-state index in [1.54, 1.807) is 79.6 Å². The number of fused-ring (bicyclic) bond motifs is 1. The lowest BCUT2D eigenvalue weighted by Gasteiger charge is -2.16. The Balaban J connectivity index is 0.000000361. The number of pyridine rings is 2. The number of hydrogen-bond donors (Lipinski definition) is 9. The number of aromatic amines is 1. The Hall–Kier alpha value is -8.26. The van der Waals surface area contributed by atoms with Gasteiger partial charge in [0.05, 0.1) is 40.3 Å². The largest absolute Gasteiger partial charge is 0.480 e. The van der Waals surface area contributed by atoms with E-state index in [4.69, 9.17) is 14.2 Å². The Morgan fingerprint density at radius 2 is 1.46 bits per heavy atom. The number of carboxylic acids is 1. The van der Waals surface area contributed by atoms with E-state index in [0.29, 0.717) is 92.9 Å². The second-order valence-corrected chi connectivity index (χ2v) is 23.2. The van der Waals surface area contributed by atoms with Gasteiger partial charge in [0, 0.05) is 95.9 Å². The van der Waals surface area contributed by atoms with Gasteiger partial charge >= 0.3 is 5.97 Å². The van der Waals surface area contributed by atoms with Crippen LogP contribution in [0.2, 0.25) is 0 Å². The quantitative estimate of drug-likeness (QED) is 0.0120. The van der Waals surface area contributed by atoms with Crippen molar-refractivity contribution in [3.8, 4) is 11.1 Å². The number of sulfonamides is 2. The van der Waals surface area contributed by atoms with Crippen molar-refractivity contribution >= 4 is 76.8 Å². The van der Waals surface area contributed by atoms with E-state index >= 15 is 0 Å². The molecule has 3 aromatic heterocycles. The molecule has 0 saturated heterocycles. The number of carbonyl (C=O) groups excluding carboxylic acids is 2. The first-order valence-corrected chi connectivity index (χ1v) is 30.4. The highest BCUT2D eigenvalue weighted by Gasteiger charge is 2.27. The van der Waals surface area contributed by atoms with E-state index in [1.165, 1.54) is 73.2 Å². The van der Waals surface area contributed by atoms with Crippen molar-refractivity contribution in [2.24, 2.45) is 12.1 Å². The molecule has 9 N–H and O–H groups in total. The maximum absolute atomic E-state index is 13.3. The van der Waals surface area contributed by atoms with E-state index < -0.39 is 60.1 Å². The number of nitrogens with one attached hydrogen (secondary N) is 7. The van der Waals surface area contributed by atoms with Crippen molar-refractivity contribution in [1.82, 2.24) is 39.6 Å². The molecule has 456 valence electrons. The summed E-state index contributed by atoms with van der Waals surface area (Å²) in [7, 11) is -9.20. The molecule has 0 saturated carbocycles. The van der Waals surface area contributed by atoms with Crippen LogP contribution in [0.15, 0.2) is 152 Å². The molecule has 4 aromatic carbocycles. The molecule has 26 nitrogen and oxygen atoms in total. The maximum atomic E-state index is 13.3. The van der Waals surface area contributed by atoms with Crippen LogP contribution in [0, 0.1) is 0 Å². The van der Waals surface area contributed by atoms with E-state index in [-0.39, 0.29) is 51.1 Å². The van der Waals surface area contributed by atoms with Crippen molar-refractivity contribution in [2.45, 2.75) is 60.9 Å². The third-order valence-corrected chi connectivity index (χ3v) is 16.0. The third kappa shape index (κ3) is 20.5. The summed E-state index contributed by atoms with van der Waals surface area (Å²) in [6, 6.07) is 24.0. The SMILES string of the molecule is C.CCCOCCCNS(=O)(=O)c1ccc(-c2ccc(S(=O)(=O)NC(CNC(=O)c3cn(C)c4cc(CNc5ncc[nH]5)ccc4c3=O)C(=O)O)cc2)cc1.COCCOCCCNC(=O)c1ccc(N/N=C/c2ccccc2S(=O)(=O)O)nc1. The summed E-state index contributed by atoms with van der Waals surface area (Å²) >= 11 is 0. The highest BCUT2D eigenvalue weighted by molar-refractivity contribution is 7.89. The van der Waals surface area contributed by atoms with E-state index in [9.17, 15) is 54.1 Å². The van der Waals surface area contributed by atoms with Crippen molar-refractivity contribution in [2.75, 3.05) is 70.5 Å². The van der Waals surface area contributed by atoms with Crippen LogP contribution in [0.5, 0.6) is 0 Å². The first-order valence-electron chi connectivity index (χ1n) is 26.0. The monoisotopic (exact) mass is 1230 g/mol. The topological polar surface area (TPSA) is 370 Å². The number of hydrogen-bond acceptors (Lipinski definition) is 18. The average molecular weight is 1230 g/mol. The molecule has 1 atom stereocenters. The number of hydrazone groups is 1. The van der Waals surface area contributed by atoms with Crippen molar-refractivity contribution in [3.05, 3.63) is 160 Å². The van der Waals surface area contributed by atoms with Gasteiger partial charge in [0.15, 0.2) is 5.95 Å². The molecule has 1 unspecified atom stereocenters. The first-order chi connectivity index (χ1) is 40.2. The number of amides is 2. The minimum absolute atomic E-state index is 0. The van der Waals surface area contributed by atoms with Gasteiger partial charge in [-0.2, -0.15) is 18.2 Å². The lowest BCUT2D eigenvalue weighted by atomic mass is 10.1. The number of aromatic nitrogens is 4. The van der Waals surface area contributed by atoms with Gasteiger partial charge in [-0.05, 0) is 90.6 Å². The molecular weight excluding hydrogens is 1160 g/mol. The van der Waals surface area contributed by atoms with Crippen LogP contribution in [0.1, 0.15) is 65.5 Å². The fourth-order valence-corrected chi connectivity index (χ4v) is 10.7. The summed E-state index contributed by atoms with van der Waals surface area (Å²) in [5.74, 6) is -1.73. The molecule has 0 aliphatic carbocycles. The van der Waals surface area contributed by atoms with Crippen LogP contribution >= 0.6 is 0 Å². The molecule has 2 amide bonds. The fourth-order valence-electron chi connectivity index (χ4n) is 7.74. The number of H-pyrrole nitrogens is 1. The molecule has 0 fully saturated rings. The summed E-state index contributed by atoms with van der Waals surface area (Å²) in [6.45, 7) is 5.12. The lowest BCUT2D eigenvalue weighted by Crippen LogP contribution is -2.48. The number of imidazole rings is 1. The van der Waals surface area contributed by atoms with Crippen molar-refractivity contribution < 1.29 is 63.5 Å². The van der Waals surface area contributed by atoms with E-state index in [1.807, 2.05) is 6.92 Å². The molecule has 0 spiro atoms. The number of aliphatic carboxylic acids is 1. The van der Waals surface area contributed by atoms with E-state index in [2.05, 4.69) is 50.9 Å². The number of ether oxygens (including phenoxy) is 3. The predicted molar refractivity (Wildman–Crippen MR) is 320 cm³/mol. The molecule has 0 bridgehead atoms. The van der Waals surface area contributed by atoms with Crippen LogP contribution in [0.3, 0.4) is 0 Å². The number of methoxy groups -OCH3 is 1. The van der Waals surface area contributed by atoms with Gasteiger partial charge < -0.3 is 44.8 Å². The lowest BCUT2D eigenvalue weighted by molar-refractivity contribution is -0.138. The smallest absolute Gasteiger partial charge is 0.323 e. The van der Waals surface area contributed by atoms with Gasteiger partial charge in [-0.15, -0.1) is 0 Å². The van der Waals surface area contributed by atoms with Crippen LogP contribution in [-0.2, 0) is 62.8 Å². The van der Waals surface area contributed by atoms with Crippen molar-refractivity contribution in [1.29, 1.82) is 0 Å². The van der Waals surface area contributed by atoms with Gasteiger partial charge in [0.25, 0.3) is 21.9 Å². The highest BCUT2D eigenvalue weighted by Crippen LogP contribution is 2.24. The number of carboxylic acid groups (broad SMARTS) is 1. The minimum atomic E-state index is -4.38. The second kappa shape index (κ2) is 32.7. The van der Waals surface area contributed by atoms with E-state index in [0.717, 1.165) is 12.0 Å². The van der Waals surface area contributed by atoms with Gasteiger partial charge in [-0.25, -0.2) is 31.5 Å².